The minimum absolute atomic E-state index is 0. The fourth-order valence-corrected chi connectivity index (χ4v) is 0. The molecule has 0 aromatic rings. The van der Waals surface area contributed by atoms with Crippen molar-refractivity contribution in [3.05, 3.63) is 0 Å². The molecule has 0 heterocycles. The molecule has 0 bridgehead atoms. The van der Waals surface area contributed by atoms with E-state index >= 15 is 0 Å². The van der Waals surface area contributed by atoms with Gasteiger partial charge in [0, 0.05) is 0 Å². The molecule has 0 amide bonds. The average molecular weight is 265 g/mol. The number of hydrogen-bond acceptors (Lipinski definition) is 7. The van der Waals surface area contributed by atoms with Crippen molar-refractivity contribution in [3.8, 4) is 0 Å². The molecule has 12 heavy (non-hydrogen) atoms. The normalized spacial score (nSPS) is 5.67. The van der Waals surface area contributed by atoms with E-state index in [1.807, 2.05) is 0 Å². The molecule has 0 radical (unpaired) electrons. The molecule has 0 N–H and O–H groups in total. The van der Waals surface area contributed by atoms with E-state index in [0.29, 0.717) is 0 Å². The predicted octanol–water partition coefficient (Wildman–Crippen LogP) is -5.97. The van der Waals surface area contributed by atoms with Crippen molar-refractivity contribution in [2.24, 2.45) is 0 Å². The Hall–Kier alpha value is -0.803. The second-order valence-corrected chi connectivity index (χ2v) is 0.825. The van der Waals surface area contributed by atoms with Gasteiger partial charge in [-0.1, -0.05) is 0 Å². The van der Waals surface area contributed by atoms with Crippen LogP contribution in [-0.2, 0) is 42.6 Å². The molecule has 0 aromatic heterocycles. The van der Waals surface area contributed by atoms with Crippen LogP contribution in [0.2, 0.25) is 0 Å². The second-order valence-electron chi connectivity index (χ2n) is 0.825. The zero-order valence-corrected chi connectivity index (χ0v) is 6.97. The molecule has 0 saturated heterocycles. The van der Waals surface area contributed by atoms with Gasteiger partial charge in [0.1, 0.15) is 0 Å². The van der Waals surface area contributed by atoms with E-state index in [0.717, 1.165) is 0 Å². The van der Waals surface area contributed by atoms with E-state index in [9.17, 15) is 0 Å². The first kappa shape index (κ1) is 22.5. The third-order valence-corrected chi connectivity index (χ3v) is 0.167. The Morgan fingerprint density at radius 1 is 0.667 bits per heavy atom. The number of carboxylic acids is 2. The molecule has 74 valence electrons. The molecule has 0 saturated carbocycles. The van der Waals surface area contributed by atoms with Crippen molar-refractivity contribution in [2.45, 2.75) is 0 Å². The first-order valence-electron chi connectivity index (χ1n) is 1.68. The Morgan fingerprint density at radius 2 is 0.750 bits per heavy atom. The van der Waals surface area contributed by atoms with Crippen LogP contribution in [0.25, 0.3) is 0 Å². The largest absolute Gasteiger partial charge is 2.00 e. The summed E-state index contributed by atoms with van der Waals surface area (Å²) in [5.41, 5.74) is 0. The predicted molar refractivity (Wildman–Crippen MR) is 15.4 cm³/mol. The smallest absolute Gasteiger partial charge is 0.652 e. The van der Waals surface area contributed by atoms with E-state index < -0.39 is 18.1 Å². The number of carbonyl (C=O) groups is 3. The van der Waals surface area contributed by atoms with Crippen molar-refractivity contribution >= 4 is 18.1 Å². The minimum Gasteiger partial charge on any atom is -0.652 e. The molecule has 0 aliphatic carbocycles. The summed E-state index contributed by atoms with van der Waals surface area (Å²) in [5.74, 6) is -4.37. The first-order chi connectivity index (χ1) is 4.37. The van der Waals surface area contributed by atoms with Crippen LogP contribution in [-0.4, -0.2) is 18.1 Å². The van der Waals surface area contributed by atoms with Gasteiger partial charge in [-0.3, -0.25) is 0 Å². The van der Waals surface area contributed by atoms with Crippen molar-refractivity contribution in [3.63, 3.8) is 0 Å². The summed E-state index contributed by atoms with van der Waals surface area (Å²) in [7, 11) is 0. The Morgan fingerprint density at radius 3 is 0.750 bits per heavy atom. The maximum Gasteiger partial charge on any atom is 2.00 e. The zero-order valence-electron chi connectivity index (χ0n) is 4.99. The van der Waals surface area contributed by atoms with Crippen LogP contribution in [0.5, 0.6) is 0 Å². The molecule has 0 aliphatic heterocycles. The van der Waals surface area contributed by atoms with E-state index in [4.69, 9.17) is 34.8 Å². The summed E-state index contributed by atoms with van der Waals surface area (Å²) in [6.45, 7) is 0. The quantitative estimate of drug-likeness (QED) is 0.313. The first-order valence-corrected chi connectivity index (χ1v) is 1.68. The van der Waals surface area contributed by atoms with Crippen LogP contribution < -0.4 is 20.4 Å². The molecule has 0 aliphatic rings. The number of hydrogen-bond donors (Lipinski definition) is 0. The van der Waals surface area contributed by atoms with Gasteiger partial charge >= 0.3 is 33.0 Å². The zero-order chi connectivity index (χ0) is 8.73. The number of carbonyl (C=O) groups excluding carboxylic acids is 3. The van der Waals surface area contributed by atoms with E-state index in [1.54, 1.807) is 0 Å². The minimum atomic E-state index is -2.33. The van der Waals surface area contributed by atoms with Gasteiger partial charge in [0.15, 0.2) is 0 Å². The maximum atomic E-state index is 8.93. The van der Waals surface area contributed by atoms with Gasteiger partial charge in [0.2, 0.25) is 0 Å². The van der Waals surface area contributed by atoms with Crippen LogP contribution in [0.3, 0.4) is 0 Å². The fraction of sp³-hybridized carbons (Fsp3) is 0. The van der Waals surface area contributed by atoms with Gasteiger partial charge in [-0.25, -0.2) is 0 Å². The average Bonchev–Trinajstić information content (AvgIpc) is 1.63. The summed E-state index contributed by atoms with van der Waals surface area (Å²) < 4.78 is 0. The van der Waals surface area contributed by atoms with Gasteiger partial charge < -0.3 is 34.8 Å². The number of rotatable bonds is 0. The Bertz CT molecular complexity index is 139. The third-order valence-electron chi connectivity index (χ3n) is 0.167. The van der Waals surface area contributed by atoms with Gasteiger partial charge in [-0.15, -0.1) is 0 Å². The van der Waals surface area contributed by atoms with Gasteiger partial charge in [0.25, 0.3) is 0 Å². The van der Waals surface area contributed by atoms with Gasteiger partial charge in [-0.2, -0.15) is 0 Å². The Kier molecular flexibility index (Phi) is 24.0. The number of aliphatic carboxylic acids is 2. The second kappa shape index (κ2) is 12.8. The maximum absolute atomic E-state index is 8.93. The van der Waals surface area contributed by atoms with E-state index in [2.05, 4.69) is 0 Å². The summed E-state index contributed by atoms with van der Waals surface area (Å²) >= 11 is 0. The van der Waals surface area contributed by atoms with Crippen molar-refractivity contribution < 1.29 is 67.8 Å². The SMILES string of the molecule is O=C([O-])C(=O)[O-].O=C([O-])[O-].[Ni+2].[Ni+2]. The summed E-state index contributed by atoms with van der Waals surface area (Å²) in [5, 5.41) is 34.5. The molecule has 7 nitrogen and oxygen atoms in total. The van der Waals surface area contributed by atoms with E-state index in [-0.39, 0.29) is 33.0 Å². The fourth-order valence-electron chi connectivity index (χ4n) is 0. The van der Waals surface area contributed by atoms with Crippen LogP contribution in [0.15, 0.2) is 0 Å². The van der Waals surface area contributed by atoms with Gasteiger partial charge in [0.05, 0.1) is 11.9 Å². The van der Waals surface area contributed by atoms with Crippen LogP contribution >= 0.6 is 0 Å². The van der Waals surface area contributed by atoms with Crippen LogP contribution in [0.4, 0.5) is 4.79 Å². The summed E-state index contributed by atoms with van der Waals surface area (Å²) in [6.07, 6.45) is -2.33. The molecule has 0 spiro atoms. The molecular formula is C3Ni2O7. The topological polar surface area (TPSA) is 143 Å². The third kappa shape index (κ3) is 60.5. The number of carboxylic acid groups (broad SMARTS) is 4. The van der Waals surface area contributed by atoms with Crippen molar-refractivity contribution in [1.82, 2.24) is 0 Å². The summed E-state index contributed by atoms with van der Waals surface area (Å²) in [4.78, 5) is 26.2. The van der Waals surface area contributed by atoms with Crippen LogP contribution in [0, 0.1) is 0 Å². The van der Waals surface area contributed by atoms with Gasteiger partial charge in [-0.05, 0) is 6.16 Å². The monoisotopic (exact) mass is 264 g/mol. The molecule has 0 aromatic carbocycles. The molecule has 9 heteroatoms. The van der Waals surface area contributed by atoms with Crippen molar-refractivity contribution in [1.29, 1.82) is 0 Å². The standard InChI is InChI=1S/C2H2O4.CH2O3.2Ni/c3-1(4)2(5)6;2-1(3)4;;/h(H,3,4)(H,5,6);(H2,2,3,4);;/q;;2*+2/p-4. The molecule has 0 unspecified atom stereocenters. The molecule has 0 atom stereocenters. The van der Waals surface area contributed by atoms with Crippen molar-refractivity contribution in [2.75, 3.05) is 0 Å². The van der Waals surface area contributed by atoms with Crippen LogP contribution in [0.1, 0.15) is 0 Å². The van der Waals surface area contributed by atoms with E-state index in [1.165, 1.54) is 0 Å². The molecule has 0 fully saturated rings. The molecular weight excluding hydrogens is 265 g/mol. The molecule has 0 rings (SSSR count). The Labute approximate surface area is 86.2 Å². The Balaban J connectivity index is -0.0000000483. The summed E-state index contributed by atoms with van der Waals surface area (Å²) in [6, 6.07) is 0.